The van der Waals surface area contributed by atoms with Gasteiger partial charge in [-0.3, -0.25) is 0 Å². The van der Waals surface area contributed by atoms with Crippen molar-refractivity contribution in [2.24, 2.45) is 0 Å². The van der Waals surface area contributed by atoms with Gasteiger partial charge in [-0.05, 0) is 60.4 Å². The average Bonchev–Trinajstić information content (AvgIpc) is 2.86. The van der Waals surface area contributed by atoms with Crippen LogP contribution >= 0.6 is 15.9 Å². The minimum atomic E-state index is -0.310. The van der Waals surface area contributed by atoms with Gasteiger partial charge in [0.1, 0.15) is 24.7 Å². The van der Waals surface area contributed by atoms with Crippen LogP contribution < -0.4 is 9.47 Å². The summed E-state index contributed by atoms with van der Waals surface area (Å²) < 4.78 is 12.3. The van der Waals surface area contributed by atoms with Crippen molar-refractivity contribution >= 4 is 15.9 Å². The highest BCUT2D eigenvalue weighted by Crippen LogP contribution is 2.33. The van der Waals surface area contributed by atoms with Crippen LogP contribution in [0.3, 0.4) is 0 Å². The van der Waals surface area contributed by atoms with Gasteiger partial charge in [0.05, 0.1) is 6.10 Å². The van der Waals surface area contributed by atoms with E-state index in [0.29, 0.717) is 13.2 Å². The lowest BCUT2D eigenvalue weighted by Crippen LogP contribution is -2.09. The first-order chi connectivity index (χ1) is 10.2. The first-order valence-corrected chi connectivity index (χ1v) is 7.84. The molecule has 0 spiro atoms. The molecule has 0 unspecified atom stereocenters. The minimum Gasteiger partial charge on any atom is -0.490 e. The summed E-state index contributed by atoms with van der Waals surface area (Å²) in [6.07, 6.45) is 1.42. The zero-order valence-electron chi connectivity index (χ0n) is 11.6. The molecular weight excluding hydrogens is 332 g/mol. The van der Waals surface area contributed by atoms with E-state index in [1.165, 1.54) is 5.56 Å². The summed E-state index contributed by atoms with van der Waals surface area (Å²) in [5.74, 6) is 1.67. The van der Waals surface area contributed by atoms with E-state index in [1.54, 1.807) is 0 Å². The Hall–Kier alpha value is -1.52. The van der Waals surface area contributed by atoms with Gasteiger partial charge in [-0.15, -0.1) is 0 Å². The molecule has 1 aliphatic carbocycles. The molecule has 110 valence electrons. The molecule has 0 aliphatic heterocycles. The highest BCUT2D eigenvalue weighted by molar-refractivity contribution is 9.10. The summed E-state index contributed by atoms with van der Waals surface area (Å²) in [6, 6.07) is 13.6. The Morgan fingerprint density at radius 2 is 1.67 bits per heavy atom. The van der Waals surface area contributed by atoms with Crippen molar-refractivity contribution < 1.29 is 14.6 Å². The van der Waals surface area contributed by atoms with E-state index in [4.69, 9.17) is 9.47 Å². The van der Waals surface area contributed by atoms with Crippen LogP contribution in [0.1, 0.15) is 23.7 Å². The second-order valence-electron chi connectivity index (χ2n) is 5.07. The van der Waals surface area contributed by atoms with Gasteiger partial charge >= 0.3 is 0 Å². The van der Waals surface area contributed by atoms with Gasteiger partial charge in [0.2, 0.25) is 0 Å². The maximum Gasteiger partial charge on any atom is 0.122 e. The highest BCUT2D eigenvalue weighted by Gasteiger charge is 2.20. The Labute approximate surface area is 132 Å². The summed E-state index contributed by atoms with van der Waals surface area (Å²) in [7, 11) is 0. The lowest BCUT2D eigenvalue weighted by molar-refractivity contribution is 0.180. The van der Waals surface area contributed by atoms with E-state index in [0.717, 1.165) is 34.4 Å². The first kappa shape index (κ1) is 14.4. The van der Waals surface area contributed by atoms with Gasteiger partial charge in [0.25, 0.3) is 0 Å². The van der Waals surface area contributed by atoms with Crippen LogP contribution in [0.4, 0.5) is 0 Å². The van der Waals surface area contributed by atoms with Gasteiger partial charge < -0.3 is 14.6 Å². The Bertz CT molecular complexity index is 610. The van der Waals surface area contributed by atoms with Crippen LogP contribution in [-0.2, 0) is 6.42 Å². The predicted octanol–water partition coefficient (Wildman–Crippen LogP) is 3.89. The van der Waals surface area contributed by atoms with Crippen molar-refractivity contribution in [3.05, 3.63) is 58.1 Å². The summed E-state index contributed by atoms with van der Waals surface area (Å²) in [4.78, 5) is 0. The number of hydrogen-bond acceptors (Lipinski definition) is 3. The molecule has 4 heteroatoms. The molecule has 0 saturated heterocycles. The minimum absolute atomic E-state index is 0.310. The van der Waals surface area contributed by atoms with Gasteiger partial charge in [0.15, 0.2) is 0 Å². The smallest absolute Gasteiger partial charge is 0.122 e. The zero-order chi connectivity index (χ0) is 14.7. The van der Waals surface area contributed by atoms with E-state index in [1.807, 2.05) is 42.5 Å². The van der Waals surface area contributed by atoms with Crippen molar-refractivity contribution in [1.82, 2.24) is 0 Å². The zero-order valence-corrected chi connectivity index (χ0v) is 13.2. The molecule has 0 radical (unpaired) electrons. The van der Waals surface area contributed by atoms with E-state index in [2.05, 4.69) is 15.9 Å². The van der Waals surface area contributed by atoms with Crippen LogP contribution in [0.2, 0.25) is 0 Å². The second kappa shape index (κ2) is 6.50. The van der Waals surface area contributed by atoms with Crippen molar-refractivity contribution in [3.63, 3.8) is 0 Å². The third kappa shape index (κ3) is 3.57. The van der Waals surface area contributed by atoms with E-state index in [-0.39, 0.29) is 6.10 Å². The summed E-state index contributed by atoms with van der Waals surface area (Å²) >= 11 is 3.39. The Kier molecular flexibility index (Phi) is 4.46. The number of rotatable bonds is 5. The molecule has 0 fully saturated rings. The quantitative estimate of drug-likeness (QED) is 0.833. The molecule has 0 bridgehead atoms. The van der Waals surface area contributed by atoms with Gasteiger partial charge in [-0.2, -0.15) is 0 Å². The molecule has 1 aliphatic rings. The Morgan fingerprint density at radius 1 is 1.00 bits per heavy atom. The number of aliphatic hydroxyl groups excluding tert-OH is 1. The molecular formula is C17H17BrO3. The summed E-state index contributed by atoms with van der Waals surface area (Å²) in [6.45, 7) is 0.999. The number of halogens is 1. The Morgan fingerprint density at radius 3 is 2.43 bits per heavy atom. The van der Waals surface area contributed by atoms with Crippen LogP contribution in [-0.4, -0.2) is 18.3 Å². The Balaban J connectivity index is 1.48. The normalized spacial score (nSPS) is 16.6. The summed E-state index contributed by atoms with van der Waals surface area (Å²) in [5, 5.41) is 9.77. The van der Waals surface area contributed by atoms with E-state index in [9.17, 15) is 5.11 Å². The molecule has 2 aromatic rings. The third-order valence-corrected chi connectivity index (χ3v) is 4.12. The van der Waals surface area contributed by atoms with Crippen molar-refractivity contribution in [2.75, 3.05) is 13.2 Å². The maximum atomic E-state index is 9.77. The van der Waals surface area contributed by atoms with Crippen molar-refractivity contribution in [2.45, 2.75) is 18.9 Å². The number of benzene rings is 2. The fourth-order valence-electron chi connectivity index (χ4n) is 2.51. The van der Waals surface area contributed by atoms with Gasteiger partial charge in [0, 0.05) is 4.47 Å². The SMILES string of the molecule is O[C@H]1CCc2cc(OCCOc3ccc(Br)cc3)ccc21. The van der Waals surface area contributed by atoms with Crippen LogP contribution in [0.5, 0.6) is 11.5 Å². The standard InChI is InChI=1S/C17H17BrO3/c18-13-2-4-14(5-3-13)20-9-10-21-15-6-7-16-12(11-15)1-8-17(16)19/h2-7,11,17,19H,1,8-10H2/t17-/m0/s1. The largest absolute Gasteiger partial charge is 0.490 e. The van der Waals surface area contributed by atoms with Crippen LogP contribution in [0, 0.1) is 0 Å². The molecule has 0 saturated carbocycles. The highest BCUT2D eigenvalue weighted by atomic mass is 79.9. The number of fused-ring (bicyclic) bond motifs is 1. The van der Waals surface area contributed by atoms with Crippen molar-refractivity contribution in [3.8, 4) is 11.5 Å². The fraction of sp³-hybridized carbons (Fsp3) is 0.294. The maximum absolute atomic E-state index is 9.77. The molecule has 3 rings (SSSR count). The van der Waals surface area contributed by atoms with Crippen LogP contribution in [0.25, 0.3) is 0 Å². The van der Waals surface area contributed by atoms with Crippen molar-refractivity contribution in [1.29, 1.82) is 0 Å². The first-order valence-electron chi connectivity index (χ1n) is 7.04. The lowest BCUT2D eigenvalue weighted by atomic mass is 10.1. The average molecular weight is 349 g/mol. The number of aliphatic hydroxyl groups is 1. The molecule has 1 atom stereocenters. The topological polar surface area (TPSA) is 38.7 Å². The third-order valence-electron chi connectivity index (χ3n) is 3.59. The molecule has 0 aromatic heterocycles. The lowest BCUT2D eigenvalue weighted by Gasteiger charge is -2.10. The summed E-state index contributed by atoms with van der Waals surface area (Å²) in [5.41, 5.74) is 2.22. The van der Waals surface area contributed by atoms with Gasteiger partial charge in [-0.25, -0.2) is 0 Å². The van der Waals surface area contributed by atoms with E-state index < -0.39 is 0 Å². The number of hydrogen-bond donors (Lipinski definition) is 1. The monoisotopic (exact) mass is 348 g/mol. The predicted molar refractivity (Wildman–Crippen MR) is 84.9 cm³/mol. The molecule has 0 heterocycles. The molecule has 2 aromatic carbocycles. The molecule has 0 amide bonds. The van der Waals surface area contributed by atoms with Gasteiger partial charge in [-0.1, -0.05) is 22.0 Å². The molecule has 21 heavy (non-hydrogen) atoms. The molecule has 3 nitrogen and oxygen atoms in total. The number of aryl methyl sites for hydroxylation is 1. The fourth-order valence-corrected chi connectivity index (χ4v) is 2.78. The second-order valence-corrected chi connectivity index (χ2v) is 5.98. The number of ether oxygens (including phenoxy) is 2. The van der Waals surface area contributed by atoms with E-state index >= 15 is 0 Å². The van der Waals surface area contributed by atoms with Crippen LogP contribution in [0.15, 0.2) is 46.9 Å². The molecule has 1 N–H and O–H groups in total.